The van der Waals surface area contributed by atoms with Crippen LogP contribution >= 0.6 is 15.9 Å². The zero-order chi connectivity index (χ0) is 14.3. The van der Waals surface area contributed by atoms with Gasteiger partial charge < -0.3 is 0 Å². The molecule has 0 aliphatic heterocycles. The van der Waals surface area contributed by atoms with Gasteiger partial charge in [-0.2, -0.15) is 0 Å². The van der Waals surface area contributed by atoms with E-state index < -0.39 is 0 Å². The minimum Gasteiger partial charge on any atom is -0.271 e. The van der Waals surface area contributed by atoms with Gasteiger partial charge in [-0.05, 0) is 49.8 Å². The van der Waals surface area contributed by atoms with Gasteiger partial charge in [-0.1, -0.05) is 47.0 Å². The van der Waals surface area contributed by atoms with Crippen LogP contribution in [-0.4, -0.2) is 0 Å². The van der Waals surface area contributed by atoms with Crippen LogP contribution < -0.4 is 11.3 Å². The van der Waals surface area contributed by atoms with Crippen LogP contribution in [0.2, 0.25) is 0 Å². The van der Waals surface area contributed by atoms with E-state index in [0.717, 1.165) is 12.8 Å². The van der Waals surface area contributed by atoms with E-state index in [4.69, 9.17) is 5.84 Å². The fraction of sp³-hybridized carbons (Fsp3) is 0.500. The zero-order valence-electron chi connectivity index (χ0n) is 12.0. The molecule has 0 saturated carbocycles. The summed E-state index contributed by atoms with van der Waals surface area (Å²) in [6.45, 7) is 7.99. The average Bonchev–Trinajstić information content (AvgIpc) is 2.39. The molecule has 1 unspecified atom stereocenters. The van der Waals surface area contributed by atoms with Gasteiger partial charge in [-0.25, -0.2) is 0 Å². The first-order valence-electron chi connectivity index (χ1n) is 6.93. The molecular weight excluding hydrogens is 300 g/mol. The predicted molar refractivity (Wildman–Crippen MR) is 87.0 cm³/mol. The van der Waals surface area contributed by atoms with Crippen molar-refractivity contribution < 1.29 is 0 Å². The number of hydrogen-bond acceptors (Lipinski definition) is 2. The van der Waals surface area contributed by atoms with Crippen molar-refractivity contribution >= 4 is 15.9 Å². The van der Waals surface area contributed by atoms with Gasteiger partial charge in [-0.15, -0.1) is 6.58 Å². The molecule has 0 amide bonds. The van der Waals surface area contributed by atoms with E-state index in [2.05, 4.69) is 53.9 Å². The highest BCUT2D eigenvalue weighted by Crippen LogP contribution is 2.27. The van der Waals surface area contributed by atoms with Crippen molar-refractivity contribution in [2.75, 3.05) is 0 Å². The van der Waals surface area contributed by atoms with Gasteiger partial charge in [0.2, 0.25) is 0 Å². The standard InChI is InChI=1S/C16H25BrN2/c1-4-5-6-7-8-9-15(19-18)14-10-12(2)16(17)13(3)11-14/h4,10-11,15,19H,1,5-9,18H2,2-3H3. The summed E-state index contributed by atoms with van der Waals surface area (Å²) in [5, 5.41) is 0. The molecule has 0 aliphatic rings. The lowest BCUT2D eigenvalue weighted by Crippen LogP contribution is -2.28. The molecule has 0 radical (unpaired) electrons. The Kier molecular flexibility index (Phi) is 7.36. The monoisotopic (exact) mass is 324 g/mol. The van der Waals surface area contributed by atoms with Crippen molar-refractivity contribution in [1.82, 2.24) is 5.43 Å². The number of unbranched alkanes of at least 4 members (excludes halogenated alkanes) is 3. The van der Waals surface area contributed by atoms with Gasteiger partial charge in [0.1, 0.15) is 0 Å². The summed E-state index contributed by atoms with van der Waals surface area (Å²) in [6, 6.07) is 4.67. The average molecular weight is 325 g/mol. The summed E-state index contributed by atoms with van der Waals surface area (Å²) in [4.78, 5) is 0. The van der Waals surface area contributed by atoms with Crippen molar-refractivity contribution in [3.63, 3.8) is 0 Å². The van der Waals surface area contributed by atoms with Crippen molar-refractivity contribution in [2.45, 2.75) is 52.0 Å². The molecule has 2 nitrogen and oxygen atoms in total. The molecule has 0 heterocycles. The molecule has 1 rings (SSSR count). The van der Waals surface area contributed by atoms with Crippen LogP contribution in [0.25, 0.3) is 0 Å². The highest BCUT2D eigenvalue weighted by Gasteiger charge is 2.11. The molecule has 3 N–H and O–H groups in total. The number of hydrazine groups is 1. The molecule has 106 valence electrons. The van der Waals surface area contributed by atoms with Gasteiger partial charge in [0, 0.05) is 10.5 Å². The Morgan fingerprint density at radius 1 is 1.26 bits per heavy atom. The molecule has 3 heteroatoms. The number of halogens is 1. The van der Waals surface area contributed by atoms with Gasteiger partial charge in [0.05, 0.1) is 0 Å². The third kappa shape index (κ3) is 5.09. The second-order valence-corrected chi connectivity index (χ2v) is 5.91. The molecule has 1 aromatic rings. The molecule has 0 bridgehead atoms. The number of allylic oxidation sites excluding steroid dienone is 1. The Morgan fingerprint density at radius 3 is 2.42 bits per heavy atom. The molecule has 0 saturated heterocycles. The number of benzene rings is 1. The normalized spacial score (nSPS) is 12.4. The van der Waals surface area contributed by atoms with Crippen LogP contribution in [0, 0.1) is 13.8 Å². The second kappa shape index (κ2) is 8.51. The Balaban J connectivity index is 2.61. The fourth-order valence-electron chi connectivity index (χ4n) is 2.34. The van der Waals surface area contributed by atoms with E-state index in [0.29, 0.717) is 0 Å². The maximum atomic E-state index is 5.71. The Labute approximate surface area is 125 Å². The first-order chi connectivity index (χ1) is 9.10. The van der Waals surface area contributed by atoms with Crippen LogP contribution in [0.1, 0.15) is 54.8 Å². The Morgan fingerprint density at radius 2 is 1.89 bits per heavy atom. The number of aryl methyl sites for hydroxylation is 2. The lowest BCUT2D eigenvalue weighted by atomic mass is 9.97. The van der Waals surface area contributed by atoms with Gasteiger partial charge in [-0.3, -0.25) is 11.3 Å². The molecule has 19 heavy (non-hydrogen) atoms. The third-order valence-electron chi connectivity index (χ3n) is 3.46. The van der Waals surface area contributed by atoms with Crippen LogP contribution in [0.15, 0.2) is 29.3 Å². The van der Waals surface area contributed by atoms with Gasteiger partial charge in [0.25, 0.3) is 0 Å². The van der Waals surface area contributed by atoms with Crippen LogP contribution in [0.3, 0.4) is 0 Å². The first-order valence-corrected chi connectivity index (χ1v) is 7.73. The molecular formula is C16H25BrN2. The van der Waals surface area contributed by atoms with E-state index in [-0.39, 0.29) is 6.04 Å². The zero-order valence-corrected chi connectivity index (χ0v) is 13.6. The third-order valence-corrected chi connectivity index (χ3v) is 4.71. The lowest BCUT2D eigenvalue weighted by Gasteiger charge is -2.18. The second-order valence-electron chi connectivity index (χ2n) is 5.11. The largest absolute Gasteiger partial charge is 0.271 e. The van der Waals surface area contributed by atoms with Crippen molar-refractivity contribution in [3.8, 4) is 0 Å². The lowest BCUT2D eigenvalue weighted by molar-refractivity contribution is 0.483. The first kappa shape index (κ1) is 16.4. The molecule has 0 aromatic heterocycles. The maximum absolute atomic E-state index is 5.71. The molecule has 1 atom stereocenters. The van der Waals surface area contributed by atoms with E-state index >= 15 is 0 Å². The topological polar surface area (TPSA) is 38.0 Å². The van der Waals surface area contributed by atoms with Crippen LogP contribution in [0.4, 0.5) is 0 Å². The summed E-state index contributed by atoms with van der Waals surface area (Å²) in [5.41, 5.74) is 6.76. The van der Waals surface area contributed by atoms with Gasteiger partial charge in [0.15, 0.2) is 0 Å². The molecule has 1 aromatic carbocycles. The molecule has 0 fully saturated rings. The minimum atomic E-state index is 0.245. The van der Waals surface area contributed by atoms with E-state index in [1.807, 2.05) is 6.08 Å². The van der Waals surface area contributed by atoms with E-state index in [9.17, 15) is 0 Å². The summed E-state index contributed by atoms with van der Waals surface area (Å²) >= 11 is 3.60. The smallest absolute Gasteiger partial charge is 0.0460 e. The number of nitrogens with one attached hydrogen (secondary N) is 1. The summed E-state index contributed by atoms with van der Waals surface area (Å²) < 4.78 is 1.19. The highest BCUT2D eigenvalue weighted by atomic mass is 79.9. The molecule has 0 aliphatic carbocycles. The Bertz CT molecular complexity index is 392. The SMILES string of the molecule is C=CCCCCCC(NN)c1cc(C)c(Br)c(C)c1. The highest BCUT2D eigenvalue weighted by molar-refractivity contribution is 9.10. The van der Waals surface area contributed by atoms with Gasteiger partial charge >= 0.3 is 0 Å². The van der Waals surface area contributed by atoms with Crippen molar-refractivity contribution in [2.24, 2.45) is 5.84 Å². The minimum absolute atomic E-state index is 0.245. The molecule has 0 spiro atoms. The van der Waals surface area contributed by atoms with Crippen molar-refractivity contribution in [3.05, 3.63) is 46.0 Å². The number of nitrogens with two attached hydrogens (primary N) is 1. The fourth-order valence-corrected chi connectivity index (χ4v) is 2.57. The summed E-state index contributed by atoms with van der Waals surface area (Å²) in [5.74, 6) is 5.71. The number of hydrogen-bond donors (Lipinski definition) is 2. The maximum Gasteiger partial charge on any atom is 0.0460 e. The number of rotatable bonds is 8. The van der Waals surface area contributed by atoms with Crippen LogP contribution in [0.5, 0.6) is 0 Å². The quantitative estimate of drug-likeness (QED) is 0.314. The predicted octanol–water partition coefficient (Wildman–Crippen LogP) is 4.71. The Hall–Kier alpha value is -0.640. The van der Waals surface area contributed by atoms with E-state index in [1.165, 1.54) is 40.4 Å². The van der Waals surface area contributed by atoms with E-state index in [1.54, 1.807) is 0 Å². The van der Waals surface area contributed by atoms with Crippen LogP contribution in [-0.2, 0) is 0 Å². The van der Waals surface area contributed by atoms with Crippen molar-refractivity contribution in [1.29, 1.82) is 0 Å². The summed E-state index contributed by atoms with van der Waals surface area (Å²) in [7, 11) is 0. The summed E-state index contributed by atoms with van der Waals surface area (Å²) in [6.07, 6.45) is 7.82.